The number of nitrogens with zero attached hydrogens (tertiary/aromatic N) is 1. The normalized spacial score (nSPS) is 11.3. The average Bonchev–Trinajstić information content (AvgIpc) is 2.78. The van der Waals surface area contributed by atoms with Crippen LogP contribution in [0.5, 0.6) is 0 Å². The lowest BCUT2D eigenvalue weighted by molar-refractivity contribution is -0.192. The first-order valence-electron chi connectivity index (χ1n) is 10.8. The van der Waals surface area contributed by atoms with Gasteiger partial charge in [0.1, 0.15) is 0 Å². The molecule has 0 radical (unpaired) electrons. The minimum atomic E-state index is -5.08. The number of benzene rings is 2. The van der Waals surface area contributed by atoms with Gasteiger partial charge in [-0.2, -0.15) is 13.2 Å². The van der Waals surface area contributed by atoms with Gasteiger partial charge >= 0.3 is 18.1 Å². The average molecular weight is 519 g/mol. The zero-order chi connectivity index (χ0) is 26.8. The van der Waals surface area contributed by atoms with Crippen LogP contribution in [0.2, 0.25) is 0 Å². The standard InChI is InChI=1S/C21H28N2O4S.C2HF3O2/c1-4-13-23(14-5-2)20-12-9-17(15-19(20)21(24)25)22-28(26,27)18-10-7-16(6-3)8-11-18;3-2(4,5)1(6)7/h7-12,15,22H,4-6,13-14H2,1-3H3,(H,24,25);(H,6,7). The Morgan fingerprint density at radius 1 is 0.943 bits per heavy atom. The fourth-order valence-electron chi connectivity index (χ4n) is 3.06. The molecule has 0 fully saturated rings. The molecule has 2 rings (SSSR count). The van der Waals surface area contributed by atoms with Crippen molar-refractivity contribution in [3.8, 4) is 0 Å². The third-order valence-electron chi connectivity index (χ3n) is 4.69. The van der Waals surface area contributed by atoms with E-state index in [-0.39, 0.29) is 16.1 Å². The number of carbonyl (C=O) groups is 2. The number of carboxylic acids is 2. The van der Waals surface area contributed by atoms with Crippen molar-refractivity contribution in [3.05, 3.63) is 53.6 Å². The van der Waals surface area contributed by atoms with E-state index in [4.69, 9.17) is 9.90 Å². The fraction of sp³-hybridized carbons (Fsp3) is 0.391. The number of rotatable bonds is 10. The molecule has 0 aliphatic carbocycles. The van der Waals surface area contributed by atoms with E-state index in [2.05, 4.69) is 4.72 Å². The molecule has 8 nitrogen and oxygen atoms in total. The Bertz CT molecular complexity index is 1100. The lowest BCUT2D eigenvalue weighted by Crippen LogP contribution is -2.27. The highest BCUT2D eigenvalue weighted by atomic mass is 32.2. The number of hydrogen-bond donors (Lipinski definition) is 3. The maximum Gasteiger partial charge on any atom is 0.490 e. The van der Waals surface area contributed by atoms with E-state index in [1.807, 2.05) is 25.7 Å². The Morgan fingerprint density at radius 2 is 1.46 bits per heavy atom. The zero-order valence-corrected chi connectivity index (χ0v) is 20.4. The molecule has 0 saturated heterocycles. The minimum Gasteiger partial charge on any atom is -0.478 e. The van der Waals surface area contributed by atoms with Gasteiger partial charge in [0.25, 0.3) is 10.0 Å². The van der Waals surface area contributed by atoms with Crippen molar-refractivity contribution in [1.29, 1.82) is 0 Å². The number of aryl methyl sites for hydroxylation is 1. The van der Waals surface area contributed by atoms with Crippen LogP contribution < -0.4 is 9.62 Å². The van der Waals surface area contributed by atoms with Gasteiger partial charge in [-0.25, -0.2) is 18.0 Å². The molecule has 0 heterocycles. The predicted octanol–water partition coefficient (Wildman–Crippen LogP) is 5.01. The summed E-state index contributed by atoms with van der Waals surface area (Å²) in [6.07, 6.45) is -2.48. The molecular weight excluding hydrogens is 489 g/mol. The van der Waals surface area contributed by atoms with Crippen LogP contribution in [0.3, 0.4) is 0 Å². The van der Waals surface area contributed by atoms with E-state index >= 15 is 0 Å². The smallest absolute Gasteiger partial charge is 0.478 e. The topological polar surface area (TPSA) is 124 Å². The van der Waals surface area contributed by atoms with E-state index in [1.165, 1.54) is 6.07 Å². The second-order valence-electron chi connectivity index (χ2n) is 7.43. The van der Waals surface area contributed by atoms with Gasteiger partial charge in [0, 0.05) is 18.8 Å². The summed E-state index contributed by atoms with van der Waals surface area (Å²) in [4.78, 5) is 22.8. The van der Waals surface area contributed by atoms with Gasteiger partial charge in [-0.1, -0.05) is 32.9 Å². The monoisotopic (exact) mass is 518 g/mol. The maximum atomic E-state index is 12.6. The van der Waals surface area contributed by atoms with Crippen molar-refractivity contribution in [2.75, 3.05) is 22.7 Å². The maximum absolute atomic E-state index is 12.6. The summed E-state index contributed by atoms with van der Waals surface area (Å²) in [6, 6.07) is 11.3. The third-order valence-corrected chi connectivity index (χ3v) is 6.09. The molecule has 0 saturated carbocycles. The van der Waals surface area contributed by atoms with Gasteiger partial charge in [-0.05, 0) is 55.2 Å². The summed E-state index contributed by atoms with van der Waals surface area (Å²) >= 11 is 0. The third kappa shape index (κ3) is 9.12. The number of hydrogen-bond acceptors (Lipinski definition) is 5. The van der Waals surface area contributed by atoms with E-state index in [0.29, 0.717) is 5.69 Å². The lowest BCUT2D eigenvalue weighted by atomic mass is 10.1. The van der Waals surface area contributed by atoms with Crippen LogP contribution >= 0.6 is 0 Å². The molecular formula is C23H29F3N2O6S. The number of halogens is 3. The van der Waals surface area contributed by atoms with Crippen LogP contribution in [0.4, 0.5) is 24.5 Å². The molecule has 194 valence electrons. The number of anilines is 2. The largest absolute Gasteiger partial charge is 0.490 e. The highest BCUT2D eigenvalue weighted by molar-refractivity contribution is 7.92. The molecule has 0 aliphatic rings. The summed E-state index contributed by atoms with van der Waals surface area (Å²) < 4.78 is 59.5. The molecule has 0 bridgehead atoms. The first-order chi connectivity index (χ1) is 16.3. The number of sulfonamides is 1. The first-order valence-corrected chi connectivity index (χ1v) is 12.3. The van der Waals surface area contributed by atoms with Crippen LogP contribution in [0.25, 0.3) is 0 Å². The van der Waals surface area contributed by atoms with E-state index < -0.39 is 28.1 Å². The number of carboxylic acid groups (broad SMARTS) is 2. The lowest BCUT2D eigenvalue weighted by Gasteiger charge is -2.25. The van der Waals surface area contributed by atoms with Crippen molar-refractivity contribution in [2.45, 2.75) is 51.1 Å². The zero-order valence-electron chi connectivity index (χ0n) is 19.6. The quantitative estimate of drug-likeness (QED) is 0.404. The predicted molar refractivity (Wildman–Crippen MR) is 127 cm³/mol. The Kier molecular flexibility index (Phi) is 11.0. The number of nitrogens with one attached hydrogen (secondary N) is 1. The van der Waals surface area contributed by atoms with Crippen LogP contribution in [-0.2, 0) is 21.2 Å². The molecule has 0 amide bonds. The van der Waals surface area contributed by atoms with Crippen molar-refractivity contribution >= 4 is 33.3 Å². The van der Waals surface area contributed by atoms with Gasteiger partial charge in [-0.15, -0.1) is 0 Å². The molecule has 2 aromatic rings. The fourth-order valence-corrected chi connectivity index (χ4v) is 4.11. The van der Waals surface area contributed by atoms with Crippen molar-refractivity contribution in [2.24, 2.45) is 0 Å². The van der Waals surface area contributed by atoms with Crippen molar-refractivity contribution in [3.63, 3.8) is 0 Å². The molecule has 35 heavy (non-hydrogen) atoms. The summed E-state index contributed by atoms with van der Waals surface area (Å²) in [7, 11) is -3.79. The van der Waals surface area contributed by atoms with Crippen LogP contribution in [-0.4, -0.2) is 49.8 Å². The van der Waals surface area contributed by atoms with Crippen molar-refractivity contribution in [1.82, 2.24) is 0 Å². The van der Waals surface area contributed by atoms with Crippen molar-refractivity contribution < 1.29 is 41.4 Å². The number of aromatic carboxylic acids is 1. The highest BCUT2D eigenvalue weighted by Gasteiger charge is 2.38. The van der Waals surface area contributed by atoms with Gasteiger partial charge in [0.05, 0.1) is 16.1 Å². The summed E-state index contributed by atoms with van der Waals surface area (Å²) in [5.74, 6) is -3.84. The molecule has 12 heteroatoms. The summed E-state index contributed by atoms with van der Waals surface area (Å²) in [5, 5.41) is 16.8. The first kappa shape index (κ1) is 29.8. The molecule has 0 atom stereocenters. The molecule has 0 aromatic heterocycles. The Hall–Kier alpha value is -3.28. The molecule has 0 aliphatic heterocycles. The van der Waals surface area contributed by atoms with E-state index in [9.17, 15) is 31.5 Å². The Morgan fingerprint density at radius 3 is 1.86 bits per heavy atom. The minimum absolute atomic E-state index is 0.0865. The molecule has 3 N–H and O–H groups in total. The SMILES string of the molecule is CCCN(CCC)c1ccc(NS(=O)(=O)c2ccc(CC)cc2)cc1C(=O)O.O=C(O)C(F)(F)F. The van der Waals surface area contributed by atoms with Gasteiger partial charge < -0.3 is 15.1 Å². The second kappa shape index (κ2) is 13.0. The number of aliphatic carboxylic acids is 1. The molecule has 2 aromatic carbocycles. The summed E-state index contributed by atoms with van der Waals surface area (Å²) in [5.41, 5.74) is 1.96. The van der Waals surface area contributed by atoms with Crippen LogP contribution in [0.1, 0.15) is 49.5 Å². The highest BCUT2D eigenvalue weighted by Crippen LogP contribution is 2.27. The number of alkyl halides is 3. The van der Waals surface area contributed by atoms with Crippen LogP contribution in [0.15, 0.2) is 47.4 Å². The van der Waals surface area contributed by atoms with E-state index in [1.54, 1.807) is 36.4 Å². The second-order valence-corrected chi connectivity index (χ2v) is 9.11. The Balaban J connectivity index is 0.000000762. The summed E-state index contributed by atoms with van der Waals surface area (Å²) in [6.45, 7) is 7.55. The van der Waals surface area contributed by atoms with Gasteiger partial charge in [-0.3, -0.25) is 4.72 Å². The van der Waals surface area contributed by atoms with E-state index in [0.717, 1.165) is 37.9 Å². The van der Waals surface area contributed by atoms with Gasteiger partial charge in [0.15, 0.2) is 0 Å². The van der Waals surface area contributed by atoms with Gasteiger partial charge in [0.2, 0.25) is 0 Å². The van der Waals surface area contributed by atoms with Crippen LogP contribution in [0, 0.1) is 0 Å². The Labute approximate surface area is 202 Å². The molecule has 0 spiro atoms. The molecule has 0 unspecified atom stereocenters.